The van der Waals surface area contributed by atoms with Gasteiger partial charge in [-0.1, -0.05) is 29.3 Å². The van der Waals surface area contributed by atoms with E-state index in [-0.39, 0.29) is 18.5 Å². The van der Waals surface area contributed by atoms with Crippen LogP contribution in [-0.4, -0.2) is 16.8 Å². The highest BCUT2D eigenvalue weighted by Gasteiger charge is 2.50. The summed E-state index contributed by atoms with van der Waals surface area (Å²) < 4.78 is 5.54. The molecule has 2 heterocycles. The Labute approximate surface area is 141 Å². The lowest BCUT2D eigenvalue weighted by Gasteiger charge is -2.21. The highest BCUT2D eigenvalue weighted by Crippen LogP contribution is 2.33. The van der Waals surface area contributed by atoms with E-state index in [4.69, 9.17) is 4.42 Å². The van der Waals surface area contributed by atoms with Crippen molar-refractivity contribution in [1.82, 2.24) is 10.2 Å². The van der Waals surface area contributed by atoms with Crippen LogP contribution in [0.4, 0.5) is 4.79 Å². The van der Waals surface area contributed by atoms with E-state index < -0.39 is 5.54 Å². The molecule has 2 aromatic rings. The second-order valence-corrected chi connectivity index (χ2v) is 6.77. The molecule has 3 amide bonds. The molecule has 0 bridgehead atoms. The topological polar surface area (TPSA) is 62.6 Å². The number of furan rings is 1. The molecular weight excluding hydrogens is 304 g/mol. The molecule has 1 atom stereocenters. The van der Waals surface area contributed by atoms with E-state index >= 15 is 0 Å². The molecule has 1 aromatic carbocycles. The van der Waals surface area contributed by atoms with E-state index in [2.05, 4.69) is 11.4 Å². The summed E-state index contributed by atoms with van der Waals surface area (Å²) in [7, 11) is 0. The number of hydrogen-bond acceptors (Lipinski definition) is 3. The predicted molar refractivity (Wildman–Crippen MR) is 90.5 cm³/mol. The summed E-state index contributed by atoms with van der Waals surface area (Å²) in [5.74, 6) is 1.12. The summed E-state index contributed by atoms with van der Waals surface area (Å²) >= 11 is 0. The summed E-state index contributed by atoms with van der Waals surface area (Å²) in [6, 6.07) is 7.50. The average molecular weight is 326 g/mol. The molecule has 0 aliphatic carbocycles. The number of imide groups is 1. The van der Waals surface area contributed by atoms with Gasteiger partial charge < -0.3 is 9.73 Å². The smallest absolute Gasteiger partial charge is 0.325 e. The molecule has 1 N–H and O–H groups in total. The molecule has 1 unspecified atom stereocenters. The van der Waals surface area contributed by atoms with Gasteiger partial charge in [-0.15, -0.1) is 0 Å². The van der Waals surface area contributed by atoms with Gasteiger partial charge in [-0.2, -0.15) is 0 Å². The first-order valence-electron chi connectivity index (χ1n) is 7.99. The molecule has 126 valence electrons. The van der Waals surface area contributed by atoms with E-state index in [0.717, 1.165) is 22.5 Å². The maximum Gasteiger partial charge on any atom is 0.325 e. The first-order valence-corrected chi connectivity index (χ1v) is 7.99. The van der Waals surface area contributed by atoms with Crippen LogP contribution in [0, 0.1) is 27.7 Å². The number of urea groups is 1. The fourth-order valence-corrected chi connectivity index (χ4v) is 3.49. The predicted octanol–water partition coefficient (Wildman–Crippen LogP) is 3.48. The van der Waals surface area contributed by atoms with Crippen LogP contribution in [0.2, 0.25) is 0 Å². The SMILES string of the molecule is Cc1cc(C)cc(CN2C(=O)NC(C)(c3cc(C)oc3C)C2=O)c1. The average Bonchev–Trinajstić information content (AvgIpc) is 2.91. The molecular formula is C19H22N2O3. The maximum atomic E-state index is 13.0. The summed E-state index contributed by atoms with van der Waals surface area (Å²) in [6.07, 6.45) is 0. The zero-order valence-corrected chi connectivity index (χ0v) is 14.7. The van der Waals surface area contributed by atoms with Gasteiger partial charge in [0.25, 0.3) is 5.91 Å². The van der Waals surface area contributed by atoms with Crippen molar-refractivity contribution in [3.05, 3.63) is 58.0 Å². The first-order chi connectivity index (χ1) is 11.2. The molecule has 1 saturated heterocycles. The van der Waals surface area contributed by atoms with Crippen molar-refractivity contribution >= 4 is 11.9 Å². The van der Waals surface area contributed by atoms with Gasteiger partial charge in [-0.05, 0) is 46.2 Å². The van der Waals surface area contributed by atoms with Crippen molar-refractivity contribution in [2.45, 2.75) is 46.7 Å². The minimum absolute atomic E-state index is 0.254. The van der Waals surface area contributed by atoms with Crippen LogP contribution in [-0.2, 0) is 16.9 Å². The van der Waals surface area contributed by atoms with Crippen LogP contribution in [0.25, 0.3) is 0 Å². The van der Waals surface area contributed by atoms with Crippen molar-refractivity contribution in [2.24, 2.45) is 0 Å². The Hall–Kier alpha value is -2.56. The number of carbonyl (C=O) groups is 2. The minimum Gasteiger partial charge on any atom is -0.466 e. The Morgan fingerprint density at radius 2 is 1.67 bits per heavy atom. The molecule has 1 aliphatic heterocycles. The molecule has 0 spiro atoms. The number of rotatable bonds is 3. The second kappa shape index (κ2) is 5.51. The number of amides is 3. The fourth-order valence-electron chi connectivity index (χ4n) is 3.49. The summed E-state index contributed by atoms with van der Waals surface area (Å²) in [6.45, 7) is 9.63. The lowest BCUT2D eigenvalue weighted by Crippen LogP contribution is -2.41. The van der Waals surface area contributed by atoms with Gasteiger partial charge in [0.05, 0.1) is 6.54 Å². The third-order valence-corrected chi connectivity index (χ3v) is 4.48. The highest BCUT2D eigenvalue weighted by molar-refractivity contribution is 6.07. The van der Waals surface area contributed by atoms with E-state index in [1.54, 1.807) is 13.8 Å². The molecule has 0 radical (unpaired) electrons. The summed E-state index contributed by atoms with van der Waals surface area (Å²) in [5.41, 5.74) is 2.79. The lowest BCUT2D eigenvalue weighted by molar-refractivity contribution is -0.131. The number of hydrogen-bond donors (Lipinski definition) is 1. The van der Waals surface area contributed by atoms with Crippen molar-refractivity contribution in [3.63, 3.8) is 0 Å². The van der Waals surface area contributed by atoms with Gasteiger partial charge in [0.15, 0.2) is 0 Å². The molecule has 5 heteroatoms. The number of nitrogens with one attached hydrogen (secondary N) is 1. The number of benzene rings is 1. The standard InChI is InChI=1S/C19H22N2O3/c1-11-6-12(2)8-15(7-11)10-21-17(22)19(5,20-18(21)23)16-9-13(3)24-14(16)4/h6-9H,10H2,1-5H3,(H,20,23). The third-order valence-electron chi connectivity index (χ3n) is 4.48. The van der Waals surface area contributed by atoms with Gasteiger partial charge in [-0.25, -0.2) is 4.79 Å². The Morgan fingerprint density at radius 3 is 2.21 bits per heavy atom. The van der Waals surface area contributed by atoms with Gasteiger partial charge in [0.1, 0.15) is 17.1 Å². The number of aryl methyl sites for hydroxylation is 4. The molecule has 3 rings (SSSR count). The lowest BCUT2D eigenvalue weighted by atomic mass is 9.92. The van der Waals surface area contributed by atoms with E-state index in [9.17, 15) is 9.59 Å². The van der Waals surface area contributed by atoms with Crippen molar-refractivity contribution in [2.75, 3.05) is 0 Å². The molecule has 1 aromatic heterocycles. The van der Waals surface area contributed by atoms with Crippen LogP contribution in [0.5, 0.6) is 0 Å². The zero-order chi connectivity index (χ0) is 17.6. The van der Waals surface area contributed by atoms with Crippen molar-refractivity contribution < 1.29 is 14.0 Å². The zero-order valence-electron chi connectivity index (χ0n) is 14.7. The molecule has 0 saturated carbocycles. The van der Waals surface area contributed by atoms with E-state index in [0.29, 0.717) is 11.3 Å². The summed E-state index contributed by atoms with van der Waals surface area (Å²) in [5, 5.41) is 2.83. The normalized spacial score (nSPS) is 20.6. The second-order valence-electron chi connectivity index (χ2n) is 6.77. The Balaban J connectivity index is 1.93. The van der Waals surface area contributed by atoms with E-state index in [1.165, 1.54) is 4.90 Å². The molecule has 24 heavy (non-hydrogen) atoms. The van der Waals surface area contributed by atoms with Gasteiger partial charge >= 0.3 is 6.03 Å². The van der Waals surface area contributed by atoms with Gasteiger partial charge in [0.2, 0.25) is 0 Å². The van der Waals surface area contributed by atoms with Crippen molar-refractivity contribution in [3.8, 4) is 0 Å². The molecule has 5 nitrogen and oxygen atoms in total. The molecule has 1 fully saturated rings. The van der Waals surface area contributed by atoms with Crippen LogP contribution in [0.15, 0.2) is 28.7 Å². The van der Waals surface area contributed by atoms with Crippen LogP contribution in [0.3, 0.4) is 0 Å². The third kappa shape index (κ3) is 2.60. The highest BCUT2D eigenvalue weighted by atomic mass is 16.3. The quantitative estimate of drug-likeness (QED) is 0.878. The van der Waals surface area contributed by atoms with Gasteiger partial charge in [0, 0.05) is 5.56 Å². The number of carbonyl (C=O) groups excluding carboxylic acids is 2. The largest absolute Gasteiger partial charge is 0.466 e. The number of nitrogens with zero attached hydrogens (tertiary/aromatic N) is 1. The molecule has 1 aliphatic rings. The first kappa shape index (κ1) is 16.3. The summed E-state index contributed by atoms with van der Waals surface area (Å²) in [4.78, 5) is 26.7. The van der Waals surface area contributed by atoms with Crippen LogP contribution in [0.1, 0.15) is 40.7 Å². The van der Waals surface area contributed by atoms with Crippen molar-refractivity contribution in [1.29, 1.82) is 0 Å². The Bertz CT molecular complexity index is 817. The maximum absolute atomic E-state index is 13.0. The van der Waals surface area contributed by atoms with E-state index in [1.807, 2.05) is 39.0 Å². The van der Waals surface area contributed by atoms with Crippen LogP contribution < -0.4 is 5.32 Å². The monoisotopic (exact) mass is 326 g/mol. The fraction of sp³-hybridized carbons (Fsp3) is 0.368. The minimum atomic E-state index is -1.09. The van der Waals surface area contributed by atoms with Gasteiger partial charge in [-0.3, -0.25) is 9.69 Å². The van der Waals surface area contributed by atoms with Crippen LogP contribution >= 0.6 is 0 Å². The Morgan fingerprint density at radius 1 is 1.04 bits per heavy atom. The Kier molecular flexibility index (Phi) is 3.74.